The van der Waals surface area contributed by atoms with E-state index in [0.29, 0.717) is 12.5 Å². The minimum absolute atomic E-state index is 0.321. The van der Waals surface area contributed by atoms with Crippen LogP contribution in [0, 0.1) is 6.92 Å². The van der Waals surface area contributed by atoms with Gasteiger partial charge in [-0.15, -0.1) is 0 Å². The maximum Gasteiger partial charge on any atom is 0.330 e. The number of ether oxygens (including phenoxy) is 1. The van der Waals surface area contributed by atoms with Crippen LogP contribution < -0.4 is 0 Å². The largest absolute Gasteiger partial charge is 0.463 e. The molecule has 0 fully saturated rings. The van der Waals surface area contributed by atoms with Gasteiger partial charge in [-0.1, -0.05) is 38.1 Å². The van der Waals surface area contributed by atoms with Crippen molar-refractivity contribution in [3.63, 3.8) is 0 Å². The van der Waals surface area contributed by atoms with Crippen LogP contribution in [0.2, 0.25) is 0 Å². The molecule has 3 aromatic rings. The van der Waals surface area contributed by atoms with Gasteiger partial charge in [0.15, 0.2) is 0 Å². The van der Waals surface area contributed by atoms with Gasteiger partial charge in [0.2, 0.25) is 0 Å². The summed E-state index contributed by atoms with van der Waals surface area (Å²) in [4.78, 5) is 11.6. The molecule has 2 aromatic carbocycles. The predicted molar refractivity (Wildman–Crippen MR) is 123 cm³/mol. The molecule has 0 aliphatic heterocycles. The second-order valence-corrected chi connectivity index (χ2v) is 7.40. The second kappa shape index (κ2) is 10.1. The van der Waals surface area contributed by atoms with Gasteiger partial charge in [0.05, 0.1) is 18.0 Å². The Kier molecular flexibility index (Phi) is 7.23. The summed E-state index contributed by atoms with van der Waals surface area (Å²) in [6, 6.07) is 16.8. The smallest absolute Gasteiger partial charge is 0.330 e. The molecule has 1 heterocycles. The van der Waals surface area contributed by atoms with E-state index in [4.69, 9.17) is 4.74 Å². The first kappa shape index (κ1) is 21.6. The molecule has 0 bridgehead atoms. The fourth-order valence-electron chi connectivity index (χ4n) is 3.72. The molecule has 0 radical (unpaired) electrons. The number of nitrogens with zero attached hydrogens (tertiary/aromatic N) is 2. The Morgan fingerprint density at radius 2 is 1.83 bits per heavy atom. The zero-order chi connectivity index (χ0) is 21.5. The number of hydrogen-bond acceptors (Lipinski definition) is 3. The van der Waals surface area contributed by atoms with Gasteiger partial charge in [0.1, 0.15) is 0 Å². The summed E-state index contributed by atoms with van der Waals surface area (Å²) in [5, 5.41) is 4.63. The Morgan fingerprint density at radius 3 is 2.50 bits per heavy atom. The first-order valence-electron chi connectivity index (χ1n) is 10.7. The van der Waals surface area contributed by atoms with E-state index in [9.17, 15) is 4.79 Å². The first-order valence-corrected chi connectivity index (χ1v) is 10.7. The summed E-state index contributed by atoms with van der Waals surface area (Å²) in [6.45, 7) is 8.67. The molecule has 0 saturated heterocycles. The van der Waals surface area contributed by atoms with Crippen LogP contribution in [0.3, 0.4) is 0 Å². The highest BCUT2D eigenvalue weighted by Crippen LogP contribution is 2.33. The van der Waals surface area contributed by atoms with Crippen LogP contribution in [-0.2, 0) is 9.53 Å². The Bertz CT molecular complexity index is 1030. The van der Waals surface area contributed by atoms with Crippen molar-refractivity contribution in [3.8, 4) is 16.8 Å². The first-order chi connectivity index (χ1) is 14.5. The minimum Gasteiger partial charge on any atom is -0.463 e. The van der Waals surface area contributed by atoms with Crippen LogP contribution in [-0.4, -0.2) is 22.4 Å². The lowest BCUT2D eigenvalue weighted by Gasteiger charge is -2.19. The zero-order valence-corrected chi connectivity index (χ0v) is 18.3. The van der Waals surface area contributed by atoms with E-state index >= 15 is 0 Å². The summed E-state index contributed by atoms with van der Waals surface area (Å²) in [7, 11) is 0. The number of carbonyl (C=O) groups is 1. The molecule has 0 atom stereocenters. The SMILES string of the molecule is CCOC(=O)/C=C/c1cccc(-c2ccc(-n3ccc(C)n3)c(C(CC)CC)c2)c1. The highest BCUT2D eigenvalue weighted by molar-refractivity contribution is 5.87. The third-order valence-electron chi connectivity index (χ3n) is 5.34. The Morgan fingerprint density at radius 1 is 1.07 bits per heavy atom. The highest BCUT2D eigenvalue weighted by atomic mass is 16.5. The van der Waals surface area contributed by atoms with Crippen LogP contribution in [0.5, 0.6) is 0 Å². The fourth-order valence-corrected chi connectivity index (χ4v) is 3.72. The lowest BCUT2D eigenvalue weighted by molar-refractivity contribution is -0.137. The molecule has 0 saturated carbocycles. The Labute approximate surface area is 179 Å². The maximum atomic E-state index is 11.6. The molecular formula is C26H30N2O2. The molecular weight excluding hydrogens is 372 g/mol. The van der Waals surface area contributed by atoms with Gasteiger partial charge in [0, 0.05) is 12.3 Å². The number of aryl methyl sites for hydroxylation is 1. The molecule has 0 N–H and O–H groups in total. The zero-order valence-electron chi connectivity index (χ0n) is 18.3. The van der Waals surface area contributed by atoms with Crippen LogP contribution in [0.1, 0.15) is 56.4 Å². The van der Waals surface area contributed by atoms with Crippen molar-refractivity contribution in [2.45, 2.75) is 46.5 Å². The lowest BCUT2D eigenvalue weighted by Crippen LogP contribution is -2.05. The van der Waals surface area contributed by atoms with Gasteiger partial charge in [0.25, 0.3) is 0 Å². The summed E-state index contributed by atoms with van der Waals surface area (Å²) in [6.07, 6.45) is 7.45. The van der Waals surface area contributed by atoms with E-state index in [1.807, 2.05) is 36.0 Å². The van der Waals surface area contributed by atoms with Crippen molar-refractivity contribution < 1.29 is 9.53 Å². The van der Waals surface area contributed by atoms with Crippen LogP contribution in [0.4, 0.5) is 0 Å². The van der Waals surface area contributed by atoms with Crippen LogP contribution in [0.25, 0.3) is 22.9 Å². The molecule has 3 rings (SSSR count). The molecule has 0 aliphatic carbocycles. The number of benzene rings is 2. The van der Waals surface area contributed by atoms with Crippen molar-refractivity contribution in [2.24, 2.45) is 0 Å². The fraction of sp³-hybridized carbons (Fsp3) is 0.308. The molecule has 0 amide bonds. The van der Waals surface area contributed by atoms with Crippen molar-refractivity contribution in [1.29, 1.82) is 0 Å². The molecule has 0 aliphatic rings. The predicted octanol–water partition coefficient (Wildman–Crippen LogP) is 6.33. The van der Waals surface area contributed by atoms with Gasteiger partial charge in [-0.3, -0.25) is 0 Å². The van der Waals surface area contributed by atoms with E-state index in [-0.39, 0.29) is 5.97 Å². The van der Waals surface area contributed by atoms with Gasteiger partial charge < -0.3 is 4.74 Å². The molecule has 156 valence electrons. The number of carbonyl (C=O) groups excluding carboxylic acids is 1. The number of esters is 1. The molecule has 4 nitrogen and oxygen atoms in total. The van der Waals surface area contributed by atoms with Gasteiger partial charge in [-0.05, 0) is 85.2 Å². The van der Waals surface area contributed by atoms with E-state index in [0.717, 1.165) is 40.9 Å². The molecule has 1 aromatic heterocycles. The van der Waals surface area contributed by atoms with Gasteiger partial charge >= 0.3 is 5.97 Å². The van der Waals surface area contributed by atoms with E-state index in [1.165, 1.54) is 11.6 Å². The molecule has 4 heteroatoms. The molecule has 0 spiro atoms. The standard InChI is InChI=1S/C26H30N2O2/c1-5-21(6-2)24-18-23(12-13-25(24)28-16-15-19(4)27-28)22-10-8-9-20(17-22)11-14-26(29)30-7-3/h8-18,21H,5-7H2,1-4H3/b14-11+. The number of aromatic nitrogens is 2. The average Bonchev–Trinajstić information content (AvgIpc) is 3.19. The highest BCUT2D eigenvalue weighted by Gasteiger charge is 2.15. The summed E-state index contributed by atoms with van der Waals surface area (Å²) in [5.74, 6) is 0.147. The number of rotatable bonds is 8. The summed E-state index contributed by atoms with van der Waals surface area (Å²) in [5.41, 5.74) is 6.71. The van der Waals surface area contributed by atoms with E-state index in [2.05, 4.69) is 49.3 Å². The van der Waals surface area contributed by atoms with E-state index in [1.54, 1.807) is 13.0 Å². The third kappa shape index (κ3) is 5.07. The molecule has 0 unspecified atom stereocenters. The Hall–Kier alpha value is -3.14. The minimum atomic E-state index is -0.321. The van der Waals surface area contributed by atoms with Crippen molar-refractivity contribution in [2.75, 3.05) is 6.61 Å². The molecule has 30 heavy (non-hydrogen) atoms. The second-order valence-electron chi connectivity index (χ2n) is 7.40. The number of hydrogen-bond donors (Lipinski definition) is 0. The average molecular weight is 403 g/mol. The monoisotopic (exact) mass is 402 g/mol. The summed E-state index contributed by atoms with van der Waals surface area (Å²) >= 11 is 0. The lowest BCUT2D eigenvalue weighted by atomic mass is 9.89. The van der Waals surface area contributed by atoms with Crippen LogP contribution >= 0.6 is 0 Å². The topological polar surface area (TPSA) is 44.1 Å². The van der Waals surface area contributed by atoms with Gasteiger partial charge in [-0.2, -0.15) is 5.10 Å². The van der Waals surface area contributed by atoms with Crippen molar-refractivity contribution >= 4 is 12.0 Å². The Balaban J connectivity index is 1.99. The van der Waals surface area contributed by atoms with E-state index < -0.39 is 0 Å². The van der Waals surface area contributed by atoms with Gasteiger partial charge in [-0.25, -0.2) is 9.48 Å². The third-order valence-corrected chi connectivity index (χ3v) is 5.34. The van der Waals surface area contributed by atoms with Crippen LogP contribution in [0.15, 0.2) is 60.8 Å². The quantitative estimate of drug-likeness (QED) is 0.327. The van der Waals surface area contributed by atoms with Crippen molar-refractivity contribution in [3.05, 3.63) is 77.6 Å². The van der Waals surface area contributed by atoms with Crippen molar-refractivity contribution in [1.82, 2.24) is 9.78 Å². The summed E-state index contributed by atoms with van der Waals surface area (Å²) < 4.78 is 6.95. The normalized spacial score (nSPS) is 11.4. The maximum absolute atomic E-state index is 11.6.